The second-order valence-electron chi connectivity index (χ2n) is 4.62. The number of hydrogen-bond donors (Lipinski definition) is 0. The molecule has 0 aromatic heterocycles. The number of nitrogens with zero attached hydrogens (tertiary/aromatic N) is 1. The maximum atomic E-state index is 12.0. The highest BCUT2D eigenvalue weighted by atomic mass is 35.5. The molecular weight excluding hydrogens is 262 g/mol. The van der Waals surface area contributed by atoms with Crippen LogP contribution in [-0.4, -0.2) is 37.1 Å². The summed E-state index contributed by atoms with van der Waals surface area (Å²) < 4.78 is 5.29. The quantitative estimate of drug-likeness (QED) is 0.796. The number of piperidine rings is 1. The number of carbonyl (C=O) groups excluding carboxylic acids is 1. The molecule has 1 aliphatic heterocycles. The summed E-state index contributed by atoms with van der Waals surface area (Å²) in [6, 6.07) is 7.48. The van der Waals surface area contributed by atoms with Crippen LogP contribution in [0.1, 0.15) is 18.4 Å². The molecule has 1 fully saturated rings. The maximum Gasteiger partial charge on any atom is 0.246 e. The van der Waals surface area contributed by atoms with Gasteiger partial charge in [0, 0.05) is 31.3 Å². The van der Waals surface area contributed by atoms with Crippen LogP contribution in [0.15, 0.2) is 30.3 Å². The molecule has 0 bridgehead atoms. The zero-order valence-electron chi connectivity index (χ0n) is 11.0. The normalized spacial score (nSPS) is 17.1. The molecular formula is C15H18ClNO2. The molecule has 1 aliphatic rings. The Kier molecular flexibility index (Phi) is 5.00. The van der Waals surface area contributed by atoms with E-state index in [0.717, 1.165) is 31.5 Å². The molecule has 1 heterocycles. The minimum Gasteiger partial charge on any atom is -0.381 e. The lowest BCUT2D eigenvalue weighted by molar-refractivity contribution is -0.128. The van der Waals surface area contributed by atoms with Crippen LogP contribution >= 0.6 is 11.6 Å². The molecule has 0 radical (unpaired) electrons. The Morgan fingerprint density at radius 1 is 1.37 bits per heavy atom. The first-order valence-corrected chi connectivity index (χ1v) is 6.83. The minimum absolute atomic E-state index is 0.0365. The van der Waals surface area contributed by atoms with E-state index in [9.17, 15) is 4.79 Å². The highest BCUT2D eigenvalue weighted by Crippen LogP contribution is 2.17. The molecule has 102 valence electrons. The third-order valence-electron chi connectivity index (χ3n) is 3.40. The van der Waals surface area contributed by atoms with Crippen molar-refractivity contribution in [1.29, 1.82) is 0 Å². The van der Waals surface area contributed by atoms with E-state index in [2.05, 4.69) is 0 Å². The SMILES string of the molecule is COC1CCN(C(=O)C=Cc2ccccc2Cl)CC1. The first-order chi connectivity index (χ1) is 9.20. The Morgan fingerprint density at radius 3 is 2.68 bits per heavy atom. The van der Waals surface area contributed by atoms with Gasteiger partial charge in [-0.05, 0) is 30.5 Å². The van der Waals surface area contributed by atoms with Crippen molar-refractivity contribution in [3.05, 3.63) is 40.9 Å². The monoisotopic (exact) mass is 279 g/mol. The van der Waals surface area contributed by atoms with Gasteiger partial charge in [-0.1, -0.05) is 29.8 Å². The molecule has 0 aliphatic carbocycles. The van der Waals surface area contributed by atoms with Crippen molar-refractivity contribution < 1.29 is 9.53 Å². The molecule has 0 N–H and O–H groups in total. The number of benzene rings is 1. The molecule has 0 atom stereocenters. The summed E-state index contributed by atoms with van der Waals surface area (Å²) >= 11 is 6.04. The van der Waals surface area contributed by atoms with Gasteiger partial charge in [-0.2, -0.15) is 0 Å². The number of ether oxygens (including phenoxy) is 1. The van der Waals surface area contributed by atoms with Crippen molar-refractivity contribution >= 4 is 23.6 Å². The smallest absolute Gasteiger partial charge is 0.246 e. The van der Waals surface area contributed by atoms with Crippen LogP contribution in [0.4, 0.5) is 0 Å². The molecule has 1 aromatic carbocycles. The molecule has 2 rings (SSSR count). The molecule has 0 saturated carbocycles. The molecule has 1 saturated heterocycles. The number of halogens is 1. The number of rotatable bonds is 3. The van der Waals surface area contributed by atoms with Gasteiger partial charge >= 0.3 is 0 Å². The Hall–Kier alpha value is -1.32. The molecule has 1 aromatic rings. The fourth-order valence-corrected chi connectivity index (χ4v) is 2.39. The third-order valence-corrected chi connectivity index (χ3v) is 3.74. The average Bonchev–Trinajstić information content (AvgIpc) is 2.46. The van der Waals surface area contributed by atoms with Gasteiger partial charge in [0.2, 0.25) is 5.91 Å². The predicted molar refractivity (Wildman–Crippen MR) is 77.1 cm³/mol. The average molecular weight is 280 g/mol. The standard InChI is InChI=1S/C15H18ClNO2/c1-19-13-8-10-17(11-9-13)15(18)7-6-12-4-2-3-5-14(12)16/h2-7,13H,8-11H2,1H3. The van der Waals surface area contributed by atoms with Gasteiger partial charge in [0.1, 0.15) is 0 Å². The Bertz CT molecular complexity index is 465. The topological polar surface area (TPSA) is 29.5 Å². The van der Waals surface area contributed by atoms with Crippen molar-refractivity contribution in [3.63, 3.8) is 0 Å². The summed E-state index contributed by atoms with van der Waals surface area (Å²) in [4.78, 5) is 13.9. The van der Waals surface area contributed by atoms with E-state index in [1.54, 1.807) is 19.3 Å². The van der Waals surface area contributed by atoms with Crippen molar-refractivity contribution in [1.82, 2.24) is 4.90 Å². The van der Waals surface area contributed by atoms with Gasteiger partial charge in [-0.3, -0.25) is 4.79 Å². The molecule has 1 amide bonds. The fraction of sp³-hybridized carbons (Fsp3) is 0.400. The fourth-order valence-electron chi connectivity index (χ4n) is 2.19. The van der Waals surface area contributed by atoms with Crippen LogP contribution in [0, 0.1) is 0 Å². The van der Waals surface area contributed by atoms with Gasteiger partial charge < -0.3 is 9.64 Å². The second-order valence-corrected chi connectivity index (χ2v) is 5.02. The maximum absolute atomic E-state index is 12.0. The number of methoxy groups -OCH3 is 1. The summed E-state index contributed by atoms with van der Waals surface area (Å²) in [5.41, 5.74) is 0.865. The summed E-state index contributed by atoms with van der Waals surface area (Å²) in [5.74, 6) is 0.0365. The Morgan fingerprint density at radius 2 is 2.05 bits per heavy atom. The van der Waals surface area contributed by atoms with Crippen molar-refractivity contribution in [2.24, 2.45) is 0 Å². The van der Waals surface area contributed by atoms with Gasteiger partial charge in [-0.25, -0.2) is 0 Å². The number of hydrogen-bond acceptors (Lipinski definition) is 2. The third kappa shape index (κ3) is 3.82. The first-order valence-electron chi connectivity index (χ1n) is 6.45. The van der Waals surface area contributed by atoms with E-state index in [0.29, 0.717) is 5.02 Å². The number of amides is 1. The van der Waals surface area contributed by atoms with Gasteiger partial charge in [0.15, 0.2) is 0 Å². The second kappa shape index (κ2) is 6.73. The number of carbonyl (C=O) groups is 1. The van der Waals surface area contributed by atoms with E-state index in [4.69, 9.17) is 16.3 Å². The van der Waals surface area contributed by atoms with E-state index < -0.39 is 0 Å². The molecule has 0 unspecified atom stereocenters. The summed E-state index contributed by atoms with van der Waals surface area (Å²) in [5, 5.41) is 0.657. The summed E-state index contributed by atoms with van der Waals surface area (Å²) in [6.07, 6.45) is 5.46. The van der Waals surface area contributed by atoms with Crippen LogP contribution in [0.5, 0.6) is 0 Å². The van der Waals surface area contributed by atoms with E-state index in [-0.39, 0.29) is 12.0 Å². The van der Waals surface area contributed by atoms with E-state index in [1.807, 2.05) is 29.2 Å². The lowest BCUT2D eigenvalue weighted by Crippen LogP contribution is -2.39. The van der Waals surface area contributed by atoms with E-state index in [1.165, 1.54) is 0 Å². The Labute approximate surface area is 118 Å². The van der Waals surface area contributed by atoms with Crippen LogP contribution in [0.25, 0.3) is 6.08 Å². The first kappa shape index (κ1) is 14.1. The van der Waals surface area contributed by atoms with Crippen LogP contribution in [0.2, 0.25) is 5.02 Å². The molecule has 3 nitrogen and oxygen atoms in total. The van der Waals surface area contributed by atoms with E-state index >= 15 is 0 Å². The minimum atomic E-state index is 0.0365. The van der Waals surface area contributed by atoms with Crippen LogP contribution in [-0.2, 0) is 9.53 Å². The molecule has 4 heteroatoms. The highest BCUT2D eigenvalue weighted by molar-refractivity contribution is 6.32. The predicted octanol–water partition coefficient (Wildman–Crippen LogP) is 2.99. The molecule has 19 heavy (non-hydrogen) atoms. The van der Waals surface area contributed by atoms with Crippen molar-refractivity contribution in [2.45, 2.75) is 18.9 Å². The van der Waals surface area contributed by atoms with Crippen molar-refractivity contribution in [3.8, 4) is 0 Å². The van der Waals surface area contributed by atoms with Crippen LogP contribution < -0.4 is 0 Å². The van der Waals surface area contributed by atoms with Crippen LogP contribution in [0.3, 0.4) is 0 Å². The number of likely N-dealkylation sites (tertiary alicyclic amines) is 1. The van der Waals surface area contributed by atoms with Gasteiger partial charge in [0.25, 0.3) is 0 Å². The largest absolute Gasteiger partial charge is 0.381 e. The zero-order chi connectivity index (χ0) is 13.7. The Balaban J connectivity index is 1.93. The summed E-state index contributed by atoms with van der Waals surface area (Å²) in [6.45, 7) is 1.51. The lowest BCUT2D eigenvalue weighted by Gasteiger charge is -2.30. The van der Waals surface area contributed by atoms with Gasteiger partial charge in [-0.15, -0.1) is 0 Å². The lowest BCUT2D eigenvalue weighted by atomic mass is 10.1. The molecule has 0 spiro atoms. The van der Waals surface area contributed by atoms with Crippen molar-refractivity contribution in [2.75, 3.05) is 20.2 Å². The highest BCUT2D eigenvalue weighted by Gasteiger charge is 2.20. The zero-order valence-corrected chi connectivity index (χ0v) is 11.8. The summed E-state index contributed by atoms with van der Waals surface area (Å²) in [7, 11) is 1.72. The van der Waals surface area contributed by atoms with Gasteiger partial charge in [0.05, 0.1) is 6.10 Å².